The van der Waals surface area contributed by atoms with E-state index in [4.69, 9.17) is 4.74 Å². The maximum absolute atomic E-state index is 6.48. The van der Waals surface area contributed by atoms with Crippen molar-refractivity contribution < 1.29 is 4.74 Å². The summed E-state index contributed by atoms with van der Waals surface area (Å²) in [5, 5.41) is 3.69. The molecular formula is C20H35NO. The zero-order valence-corrected chi connectivity index (χ0v) is 14.7. The molecule has 2 aliphatic heterocycles. The van der Waals surface area contributed by atoms with Crippen LogP contribution >= 0.6 is 0 Å². The highest BCUT2D eigenvalue weighted by molar-refractivity contribution is 5.01. The third-order valence-electron chi connectivity index (χ3n) is 7.66. The molecule has 1 N–H and O–H groups in total. The van der Waals surface area contributed by atoms with Gasteiger partial charge in [-0.3, -0.25) is 0 Å². The van der Waals surface area contributed by atoms with E-state index in [1.807, 2.05) is 0 Å². The van der Waals surface area contributed by atoms with Gasteiger partial charge in [-0.1, -0.05) is 13.8 Å². The Balaban J connectivity index is 1.18. The van der Waals surface area contributed by atoms with Crippen LogP contribution in [-0.2, 0) is 4.74 Å². The molecule has 2 saturated carbocycles. The van der Waals surface area contributed by atoms with E-state index >= 15 is 0 Å². The molecule has 0 radical (unpaired) electrons. The highest BCUT2D eigenvalue weighted by atomic mass is 16.5. The minimum atomic E-state index is 0.321. The number of nitrogens with one attached hydrogen (secondary N) is 1. The van der Waals surface area contributed by atoms with Gasteiger partial charge in [0.25, 0.3) is 0 Å². The first kappa shape index (κ1) is 15.4. The van der Waals surface area contributed by atoms with Crippen molar-refractivity contribution in [2.24, 2.45) is 17.8 Å². The van der Waals surface area contributed by atoms with Crippen LogP contribution < -0.4 is 5.32 Å². The first-order valence-corrected chi connectivity index (χ1v) is 10.0. The summed E-state index contributed by atoms with van der Waals surface area (Å²) >= 11 is 0. The van der Waals surface area contributed by atoms with E-state index in [9.17, 15) is 0 Å². The van der Waals surface area contributed by atoms with Crippen LogP contribution in [0.15, 0.2) is 0 Å². The summed E-state index contributed by atoms with van der Waals surface area (Å²) in [6, 6.07) is 0. The Bertz CT molecular complexity index is 375. The predicted octanol–water partition coefficient (Wildman–Crippen LogP) is 4.67. The van der Waals surface area contributed by atoms with Crippen LogP contribution in [0.2, 0.25) is 0 Å². The molecule has 4 aliphatic rings. The standard InChI is InChI=1S/C20H35NO/c1-15(2)17-5-9-20(10-6-17)14-18(22-20)13-16-3-7-19(8-4-16)11-12-21-19/h15-18,21H,3-14H2,1-2H3. The lowest BCUT2D eigenvalue weighted by molar-refractivity contribution is -0.230. The van der Waals surface area contributed by atoms with Crippen molar-refractivity contribution in [3.8, 4) is 0 Å². The molecule has 4 rings (SSSR count). The minimum absolute atomic E-state index is 0.321. The van der Waals surface area contributed by atoms with E-state index in [2.05, 4.69) is 19.2 Å². The summed E-state index contributed by atoms with van der Waals surface area (Å²) in [6.07, 6.45) is 16.0. The summed E-state index contributed by atoms with van der Waals surface area (Å²) in [7, 11) is 0. The van der Waals surface area contributed by atoms with Gasteiger partial charge in [0.1, 0.15) is 0 Å². The SMILES string of the molecule is CC(C)C1CCC2(CC1)CC(CC1CCC3(CCN3)CC1)O2. The van der Waals surface area contributed by atoms with Crippen LogP contribution in [0, 0.1) is 17.8 Å². The van der Waals surface area contributed by atoms with Gasteiger partial charge in [-0.15, -0.1) is 0 Å². The lowest BCUT2D eigenvalue weighted by Crippen LogP contribution is -2.59. The third kappa shape index (κ3) is 2.86. The van der Waals surface area contributed by atoms with Crippen LogP contribution in [0.4, 0.5) is 0 Å². The zero-order chi connectivity index (χ0) is 15.2. The quantitative estimate of drug-likeness (QED) is 0.818. The van der Waals surface area contributed by atoms with Crippen molar-refractivity contribution in [2.45, 2.75) is 102 Å². The Morgan fingerprint density at radius 1 is 1.00 bits per heavy atom. The predicted molar refractivity (Wildman–Crippen MR) is 90.9 cm³/mol. The normalized spacial score (nSPS) is 48.4. The van der Waals surface area contributed by atoms with Crippen LogP contribution in [-0.4, -0.2) is 23.8 Å². The molecule has 2 aliphatic carbocycles. The fraction of sp³-hybridized carbons (Fsp3) is 1.00. The van der Waals surface area contributed by atoms with Gasteiger partial charge in [-0.2, -0.15) is 0 Å². The molecule has 0 aromatic rings. The monoisotopic (exact) mass is 305 g/mol. The number of ether oxygens (including phenoxy) is 1. The van der Waals surface area contributed by atoms with Crippen LogP contribution in [0.1, 0.15) is 84.5 Å². The smallest absolute Gasteiger partial charge is 0.0711 e. The van der Waals surface area contributed by atoms with E-state index in [1.165, 1.54) is 77.2 Å². The molecular weight excluding hydrogens is 270 g/mol. The molecule has 2 heteroatoms. The number of hydrogen-bond acceptors (Lipinski definition) is 2. The first-order chi connectivity index (χ1) is 10.6. The van der Waals surface area contributed by atoms with Gasteiger partial charge >= 0.3 is 0 Å². The fourth-order valence-electron chi connectivity index (χ4n) is 5.79. The van der Waals surface area contributed by atoms with E-state index in [-0.39, 0.29) is 0 Å². The van der Waals surface area contributed by atoms with Gasteiger partial charge in [-0.25, -0.2) is 0 Å². The molecule has 0 aromatic heterocycles. The maximum Gasteiger partial charge on any atom is 0.0711 e. The summed E-state index contributed by atoms with van der Waals surface area (Å²) in [5.41, 5.74) is 0.898. The van der Waals surface area contributed by atoms with E-state index in [1.54, 1.807) is 0 Å². The first-order valence-electron chi connectivity index (χ1n) is 10.0. The Labute approximate surface area is 136 Å². The van der Waals surface area contributed by atoms with Gasteiger partial charge in [0, 0.05) is 12.0 Å². The van der Waals surface area contributed by atoms with E-state index < -0.39 is 0 Å². The van der Waals surface area contributed by atoms with E-state index in [0.29, 0.717) is 17.2 Å². The average molecular weight is 306 g/mol. The van der Waals surface area contributed by atoms with Crippen molar-refractivity contribution in [1.29, 1.82) is 0 Å². The topological polar surface area (TPSA) is 21.3 Å². The Hall–Kier alpha value is -0.0800. The minimum Gasteiger partial charge on any atom is -0.372 e. The largest absolute Gasteiger partial charge is 0.372 e. The average Bonchev–Trinajstić information content (AvgIpc) is 2.45. The third-order valence-corrected chi connectivity index (χ3v) is 7.66. The fourth-order valence-corrected chi connectivity index (χ4v) is 5.79. The Morgan fingerprint density at radius 2 is 1.64 bits per heavy atom. The highest BCUT2D eigenvalue weighted by Gasteiger charge is 2.48. The molecule has 2 heterocycles. The second-order valence-corrected chi connectivity index (χ2v) is 9.34. The number of rotatable bonds is 3. The number of hydrogen-bond donors (Lipinski definition) is 1. The molecule has 1 atom stereocenters. The Kier molecular flexibility index (Phi) is 4.05. The van der Waals surface area contributed by atoms with Crippen LogP contribution in [0.5, 0.6) is 0 Å². The van der Waals surface area contributed by atoms with Crippen molar-refractivity contribution >= 4 is 0 Å². The molecule has 0 amide bonds. The summed E-state index contributed by atoms with van der Waals surface area (Å²) < 4.78 is 6.48. The molecule has 2 nitrogen and oxygen atoms in total. The zero-order valence-electron chi connectivity index (χ0n) is 14.7. The molecule has 2 saturated heterocycles. The lowest BCUT2D eigenvalue weighted by atomic mass is 9.67. The molecule has 0 bridgehead atoms. The summed E-state index contributed by atoms with van der Waals surface area (Å²) in [6.45, 7) is 6.04. The van der Waals surface area contributed by atoms with E-state index in [0.717, 1.165) is 17.8 Å². The van der Waals surface area contributed by atoms with Crippen LogP contribution in [0.25, 0.3) is 0 Å². The van der Waals surface area contributed by atoms with Gasteiger partial charge in [-0.05, 0) is 88.5 Å². The molecule has 2 spiro atoms. The molecule has 22 heavy (non-hydrogen) atoms. The summed E-state index contributed by atoms with van der Waals surface area (Å²) in [5.74, 6) is 2.77. The molecule has 4 fully saturated rings. The molecule has 1 unspecified atom stereocenters. The van der Waals surface area contributed by atoms with Crippen molar-refractivity contribution in [3.05, 3.63) is 0 Å². The highest BCUT2D eigenvalue weighted by Crippen LogP contribution is 2.50. The van der Waals surface area contributed by atoms with Crippen molar-refractivity contribution in [3.63, 3.8) is 0 Å². The van der Waals surface area contributed by atoms with Crippen molar-refractivity contribution in [2.75, 3.05) is 6.54 Å². The Morgan fingerprint density at radius 3 is 2.14 bits per heavy atom. The van der Waals surface area contributed by atoms with Crippen LogP contribution in [0.3, 0.4) is 0 Å². The van der Waals surface area contributed by atoms with Crippen molar-refractivity contribution in [1.82, 2.24) is 5.32 Å². The second-order valence-electron chi connectivity index (χ2n) is 9.34. The molecule has 0 aromatic carbocycles. The molecule has 126 valence electrons. The van der Waals surface area contributed by atoms with Gasteiger partial charge in [0.15, 0.2) is 0 Å². The van der Waals surface area contributed by atoms with Gasteiger partial charge in [0.05, 0.1) is 11.7 Å². The lowest BCUT2D eigenvalue weighted by Gasteiger charge is -2.54. The second kappa shape index (κ2) is 5.77. The summed E-state index contributed by atoms with van der Waals surface area (Å²) in [4.78, 5) is 0. The van der Waals surface area contributed by atoms with Gasteiger partial charge < -0.3 is 10.1 Å². The maximum atomic E-state index is 6.48. The van der Waals surface area contributed by atoms with Gasteiger partial charge in [0.2, 0.25) is 0 Å².